The summed E-state index contributed by atoms with van der Waals surface area (Å²) in [6.45, 7) is 4.76. The van der Waals surface area contributed by atoms with Gasteiger partial charge in [-0.05, 0) is 42.9 Å². The van der Waals surface area contributed by atoms with Gasteiger partial charge in [0.05, 0.1) is 7.11 Å². The van der Waals surface area contributed by atoms with Gasteiger partial charge in [-0.3, -0.25) is 4.79 Å². The highest BCUT2D eigenvalue weighted by Crippen LogP contribution is 2.26. The molecule has 0 aromatic heterocycles. The Hall–Kier alpha value is -1.97. The second kappa shape index (κ2) is 9.87. The van der Waals surface area contributed by atoms with Gasteiger partial charge in [0.2, 0.25) is 5.91 Å². The van der Waals surface area contributed by atoms with Gasteiger partial charge in [0.1, 0.15) is 0 Å². The zero-order chi connectivity index (χ0) is 16.4. The number of nitrogens with one attached hydrogen (secondary N) is 1. The molecule has 1 aromatic rings. The first-order valence-electron chi connectivity index (χ1n) is 7.82. The summed E-state index contributed by atoms with van der Waals surface area (Å²) in [6.07, 6.45) is 7.88. The molecule has 2 N–H and O–H groups in total. The normalized spacial score (nSPS) is 11.1. The molecule has 0 aliphatic rings. The van der Waals surface area contributed by atoms with Gasteiger partial charge >= 0.3 is 1.43 Å². The van der Waals surface area contributed by atoms with Crippen LogP contribution >= 0.6 is 0 Å². The van der Waals surface area contributed by atoms with Crippen LogP contribution in [0.2, 0.25) is 0 Å². The van der Waals surface area contributed by atoms with Gasteiger partial charge in [-0.15, -0.1) is 0 Å². The van der Waals surface area contributed by atoms with Gasteiger partial charge in [0.15, 0.2) is 11.5 Å². The first-order chi connectivity index (χ1) is 10.5. The van der Waals surface area contributed by atoms with Crippen molar-refractivity contribution in [2.24, 2.45) is 5.92 Å². The van der Waals surface area contributed by atoms with Crippen molar-refractivity contribution in [3.8, 4) is 11.5 Å². The number of benzene rings is 1. The van der Waals surface area contributed by atoms with Crippen molar-refractivity contribution >= 4 is 5.91 Å². The SMILES string of the molecule is COc1cc(CNC(=O)CCCC/C=C/C(C)C)ccc1O.[H+]. The number of methoxy groups -OCH3 is 1. The van der Waals surface area contributed by atoms with Crippen LogP contribution in [0, 0.1) is 5.92 Å². The molecule has 1 rings (SSSR count). The maximum absolute atomic E-state index is 11.8. The van der Waals surface area contributed by atoms with E-state index in [4.69, 9.17) is 4.74 Å². The van der Waals surface area contributed by atoms with Crippen LogP contribution in [0.4, 0.5) is 0 Å². The fourth-order valence-electron chi connectivity index (χ4n) is 2.04. The van der Waals surface area contributed by atoms with Gasteiger partial charge in [-0.25, -0.2) is 0 Å². The minimum absolute atomic E-state index is 0. The van der Waals surface area contributed by atoms with Crippen molar-refractivity contribution in [2.75, 3.05) is 7.11 Å². The minimum Gasteiger partial charge on any atom is -0.504 e. The summed E-state index contributed by atoms with van der Waals surface area (Å²) in [6, 6.07) is 5.07. The Bertz CT molecular complexity index is 501. The number of unbranched alkanes of at least 4 members (excludes halogenated alkanes) is 2. The van der Waals surface area contributed by atoms with Crippen LogP contribution in [0.1, 0.15) is 46.5 Å². The van der Waals surface area contributed by atoms with Crippen molar-refractivity contribution in [3.63, 3.8) is 0 Å². The van der Waals surface area contributed by atoms with Crippen LogP contribution in [0.3, 0.4) is 0 Å². The highest BCUT2D eigenvalue weighted by molar-refractivity contribution is 5.75. The Labute approximate surface area is 134 Å². The number of phenols is 1. The summed E-state index contributed by atoms with van der Waals surface area (Å²) in [5.74, 6) is 1.17. The lowest BCUT2D eigenvalue weighted by molar-refractivity contribution is -0.121. The van der Waals surface area contributed by atoms with Crippen LogP contribution in [0.15, 0.2) is 30.4 Å². The predicted molar refractivity (Wildman–Crippen MR) is 90.1 cm³/mol. The highest BCUT2D eigenvalue weighted by atomic mass is 16.5. The largest absolute Gasteiger partial charge is 1.00 e. The summed E-state index contributed by atoms with van der Waals surface area (Å²) in [5, 5.41) is 12.4. The number of hydrogen-bond donors (Lipinski definition) is 2. The Morgan fingerprint density at radius 3 is 2.86 bits per heavy atom. The molecule has 0 aliphatic heterocycles. The Balaban J connectivity index is 0.00000484. The van der Waals surface area contributed by atoms with Crippen LogP contribution in [0.25, 0.3) is 0 Å². The van der Waals surface area contributed by atoms with E-state index in [1.54, 1.807) is 18.2 Å². The van der Waals surface area contributed by atoms with Crippen molar-refractivity contribution in [3.05, 3.63) is 35.9 Å². The molecule has 4 nitrogen and oxygen atoms in total. The van der Waals surface area contributed by atoms with E-state index in [-0.39, 0.29) is 13.1 Å². The first kappa shape index (κ1) is 18.1. The lowest BCUT2D eigenvalue weighted by atomic mass is 10.1. The maximum Gasteiger partial charge on any atom is 1.00 e. The Morgan fingerprint density at radius 1 is 1.41 bits per heavy atom. The summed E-state index contributed by atoms with van der Waals surface area (Å²) in [4.78, 5) is 11.8. The van der Waals surface area contributed by atoms with E-state index in [0.717, 1.165) is 24.8 Å². The molecule has 0 fully saturated rings. The molecule has 0 spiro atoms. The van der Waals surface area contributed by atoms with Crippen LogP contribution in [-0.2, 0) is 11.3 Å². The molecule has 0 saturated carbocycles. The molecule has 122 valence electrons. The third-order valence-corrected chi connectivity index (χ3v) is 3.28. The number of phenolic OH excluding ortho intramolecular Hbond substituents is 1. The van der Waals surface area contributed by atoms with E-state index in [1.807, 2.05) is 0 Å². The molecule has 0 radical (unpaired) electrons. The Kier molecular flexibility index (Phi) is 8.11. The lowest BCUT2D eigenvalue weighted by Gasteiger charge is -2.08. The third kappa shape index (κ3) is 7.16. The predicted octanol–water partition coefficient (Wildman–Crippen LogP) is 3.90. The molecule has 0 unspecified atom stereocenters. The second-order valence-corrected chi connectivity index (χ2v) is 5.70. The summed E-state index contributed by atoms with van der Waals surface area (Å²) < 4.78 is 5.04. The second-order valence-electron chi connectivity index (χ2n) is 5.70. The zero-order valence-electron chi connectivity index (χ0n) is 14.8. The molecule has 22 heavy (non-hydrogen) atoms. The van der Waals surface area contributed by atoms with Crippen LogP contribution < -0.4 is 10.1 Å². The van der Waals surface area contributed by atoms with Gasteiger partial charge in [-0.1, -0.05) is 32.1 Å². The topological polar surface area (TPSA) is 58.6 Å². The number of hydrogen-bond acceptors (Lipinski definition) is 3. The number of carbonyl (C=O) groups is 1. The lowest BCUT2D eigenvalue weighted by Crippen LogP contribution is -2.22. The van der Waals surface area contributed by atoms with Gasteiger partial charge < -0.3 is 15.2 Å². The average Bonchev–Trinajstić information content (AvgIpc) is 2.49. The van der Waals surface area contributed by atoms with Crippen molar-refractivity contribution < 1.29 is 16.1 Å². The zero-order valence-corrected chi connectivity index (χ0v) is 13.8. The first-order valence-corrected chi connectivity index (χ1v) is 7.82. The standard InChI is InChI=1S/C18H27NO3/c1-14(2)8-6-4-5-7-9-18(21)19-13-15-10-11-16(20)17(12-15)22-3/h6,8,10-12,14,20H,4-5,7,9,13H2,1-3H3,(H,19,21)/p+1/b8-6+. The number of ether oxygens (including phenoxy) is 1. The quantitative estimate of drug-likeness (QED) is 0.537. The molecule has 0 atom stereocenters. The summed E-state index contributed by atoms with van der Waals surface area (Å²) in [7, 11) is 1.51. The summed E-state index contributed by atoms with van der Waals surface area (Å²) in [5.41, 5.74) is 0.905. The highest BCUT2D eigenvalue weighted by Gasteiger charge is 2.04. The van der Waals surface area contributed by atoms with E-state index in [2.05, 4.69) is 31.3 Å². The molecule has 0 aliphatic carbocycles. The van der Waals surface area contributed by atoms with Gasteiger partial charge in [-0.2, -0.15) is 0 Å². The fraction of sp³-hybridized carbons (Fsp3) is 0.500. The Morgan fingerprint density at radius 2 is 2.18 bits per heavy atom. The molecule has 0 saturated heterocycles. The molecule has 1 amide bonds. The monoisotopic (exact) mass is 306 g/mol. The smallest absolute Gasteiger partial charge is 0.504 e. The van der Waals surface area contributed by atoms with Gasteiger partial charge in [0, 0.05) is 13.0 Å². The number of carbonyl (C=O) groups excluding carboxylic acids is 1. The third-order valence-electron chi connectivity index (χ3n) is 3.28. The van der Waals surface area contributed by atoms with Crippen molar-refractivity contribution in [1.29, 1.82) is 0 Å². The van der Waals surface area contributed by atoms with E-state index in [0.29, 0.717) is 24.6 Å². The van der Waals surface area contributed by atoms with Crippen LogP contribution in [0.5, 0.6) is 11.5 Å². The number of aromatic hydroxyl groups is 1. The number of allylic oxidation sites excluding steroid dienone is 2. The molecule has 0 bridgehead atoms. The number of rotatable bonds is 9. The summed E-state index contributed by atoms with van der Waals surface area (Å²) >= 11 is 0. The molecule has 0 heterocycles. The fourth-order valence-corrected chi connectivity index (χ4v) is 2.04. The van der Waals surface area contributed by atoms with Crippen LogP contribution in [-0.4, -0.2) is 18.1 Å². The maximum atomic E-state index is 11.8. The van der Waals surface area contributed by atoms with Crippen molar-refractivity contribution in [2.45, 2.75) is 46.1 Å². The molecular formula is C18H28NO3+. The molecular weight excluding hydrogens is 278 g/mol. The minimum atomic E-state index is 0. The van der Waals surface area contributed by atoms with E-state index < -0.39 is 0 Å². The van der Waals surface area contributed by atoms with Crippen molar-refractivity contribution in [1.82, 2.24) is 5.32 Å². The molecule has 4 heteroatoms. The number of amides is 1. The molecule has 1 aromatic carbocycles. The van der Waals surface area contributed by atoms with Gasteiger partial charge in [0.25, 0.3) is 0 Å². The van der Waals surface area contributed by atoms with E-state index >= 15 is 0 Å². The average molecular weight is 306 g/mol. The van der Waals surface area contributed by atoms with E-state index in [9.17, 15) is 9.90 Å². The van der Waals surface area contributed by atoms with E-state index in [1.165, 1.54) is 7.11 Å².